The number of ether oxygens (including phenoxy) is 6. The SMILES string of the molecule is C/C(N)=N/N=C(\N)c1ccc(CC(=O)NCCOCCOCCOCCNCCOCCOCCOCCNC(=O)Cc2ccc(-c3nnc(C)nn3)cc2)cc1.CC.CC.CC. The second-order valence-corrected chi connectivity index (χ2v) is 12.4. The maximum absolute atomic E-state index is 12.2. The lowest BCUT2D eigenvalue weighted by Crippen LogP contribution is -2.29. The van der Waals surface area contributed by atoms with Crippen LogP contribution in [0.15, 0.2) is 58.7 Å². The average molecular weight is 886 g/mol. The van der Waals surface area contributed by atoms with E-state index >= 15 is 0 Å². The Labute approximate surface area is 374 Å². The van der Waals surface area contributed by atoms with Gasteiger partial charge in [0.1, 0.15) is 5.84 Å². The van der Waals surface area contributed by atoms with Crippen LogP contribution in [0.4, 0.5) is 0 Å². The molecule has 0 bridgehead atoms. The van der Waals surface area contributed by atoms with Gasteiger partial charge < -0.3 is 55.8 Å². The largest absolute Gasteiger partial charge is 0.386 e. The van der Waals surface area contributed by atoms with Gasteiger partial charge in [-0.25, -0.2) is 0 Å². The minimum absolute atomic E-state index is 0.0838. The van der Waals surface area contributed by atoms with Gasteiger partial charge in [-0.2, -0.15) is 0 Å². The number of amides is 2. The topological polar surface area (TPSA) is 254 Å². The molecule has 1 aromatic heterocycles. The van der Waals surface area contributed by atoms with Crippen molar-refractivity contribution in [1.82, 2.24) is 36.3 Å². The first kappa shape index (κ1) is 58.0. The number of amidine groups is 2. The van der Waals surface area contributed by atoms with Gasteiger partial charge >= 0.3 is 0 Å². The van der Waals surface area contributed by atoms with Crippen LogP contribution in [0.5, 0.6) is 0 Å². The zero-order valence-electron chi connectivity index (χ0n) is 39.0. The molecule has 0 radical (unpaired) electrons. The summed E-state index contributed by atoms with van der Waals surface area (Å²) in [5.74, 6) is 1.33. The van der Waals surface area contributed by atoms with Crippen LogP contribution in [0.2, 0.25) is 0 Å². The van der Waals surface area contributed by atoms with E-state index < -0.39 is 0 Å². The quantitative estimate of drug-likeness (QED) is 0.0270. The Morgan fingerprint density at radius 2 is 0.889 bits per heavy atom. The molecule has 3 rings (SSSR count). The first-order valence-electron chi connectivity index (χ1n) is 21.9. The van der Waals surface area contributed by atoms with E-state index in [9.17, 15) is 9.59 Å². The lowest BCUT2D eigenvalue weighted by Gasteiger charge is -2.09. The molecule has 0 fully saturated rings. The second kappa shape index (κ2) is 41.0. The third kappa shape index (κ3) is 31.5. The van der Waals surface area contributed by atoms with Crippen molar-refractivity contribution in [3.63, 3.8) is 0 Å². The molecule has 0 atom stereocenters. The van der Waals surface area contributed by atoms with Crippen LogP contribution in [0.1, 0.15) is 71.0 Å². The van der Waals surface area contributed by atoms with E-state index in [-0.39, 0.29) is 30.5 Å². The van der Waals surface area contributed by atoms with Gasteiger partial charge in [0.15, 0.2) is 11.7 Å². The summed E-state index contributed by atoms with van der Waals surface area (Å²) < 4.78 is 33.2. The van der Waals surface area contributed by atoms with Crippen LogP contribution in [0, 0.1) is 6.92 Å². The summed E-state index contributed by atoms with van der Waals surface area (Å²) in [5.41, 5.74) is 14.5. The summed E-state index contributed by atoms with van der Waals surface area (Å²) in [6.45, 7) is 23.2. The zero-order valence-corrected chi connectivity index (χ0v) is 39.0. The smallest absolute Gasteiger partial charge is 0.224 e. The Hall–Kier alpha value is -5.02. The number of carbonyl (C=O) groups is 2. The predicted molar refractivity (Wildman–Crippen MR) is 248 cm³/mol. The number of aryl methyl sites for hydroxylation is 1. The van der Waals surface area contributed by atoms with Crippen LogP contribution < -0.4 is 27.4 Å². The molecule has 19 nitrogen and oxygen atoms in total. The highest BCUT2D eigenvalue weighted by molar-refractivity contribution is 5.97. The fourth-order valence-electron chi connectivity index (χ4n) is 4.67. The monoisotopic (exact) mass is 886 g/mol. The van der Waals surface area contributed by atoms with E-state index in [1.807, 2.05) is 77.9 Å². The standard InChI is InChI=1S/C38H57N11O8.3C2H6/c1-29(39)44-47-37(40)33-7-3-31(4-8-33)27-35(50)42-13-17-54-21-25-56-23-19-52-15-11-41-12-16-53-20-24-57-26-22-55-18-14-43-36(51)28-32-5-9-34(10-6-32)38-48-45-30(2)46-49-38;3*1-2/h3-10,41H,11-28H2,1-2H3,(H2,39,44)(H2,40,47)(H,42,50)(H,43,51);3*1-2H3. The van der Waals surface area contributed by atoms with Gasteiger partial charge in [-0.15, -0.1) is 30.6 Å². The lowest BCUT2D eigenvalue weighted by atomic mass is 10.1. The Morgan fingerprint density at radius 1 is 0.524 bits per heavy atom. The third-order valence-electron chi connectivity index (χ3n) is 7.56. The first-order valence-corrected chi connectivity index (χ1v) is 21.9. The molecule has 3 aromatic rings. The number of rotatable bonds is 31. The summed E-state index contributed by atoms with van der Waals surface area (Å²) in [6.07, 6.45) is 0.508. The van der Waals surface area contributed by atoms with Crippen molar-refractivity contribution < 1.29 is 38.0 Å². The fourth-order valence-corrected chi connectivity index (χ4v) is 4.67. The maximum atomic E-state index is 12.2. The number of aromatic nitrogens is 4. The van der Waals surface area contributed by atoms with Crippen LogP contribution >= 0.6 is 0 Å². The van der Waals surface area contributed by atoms with E-state index in [1.165, 1.54) is 0 Å². The highest BCUT2D eigenvalue weighted by atomic mass is 16.5. The number of nitrogens with zero attached hydrogens (tertiary/aromatic N) is 6. The first-order chi connectivity index (χ1) is 30.8. The van der Waals surface area contributed by atoms with Gasteiger partial charge in [0.25, 0.3) is 0 Å². The van der Waals surface area contributed by atoms with Crippen molar-refractivity contribution in [2.75, 3.05) is 105 Å². The number of carbonyl (C=O) groups excluding carboxylic acids is 2. The highest BCUT2D eigenvalue weighted by Crippen LogP contribution is 2.14. The average Bonchev–Trinajstić information content (AvgIpc) is 3.31. The number of benzene rings is 2. The molecule has 0 aliphatic carbocycles. The molecule has 0 saturated carbocycles. The zero-order chi connectivity index (χ0) is 46.8. The number of hydrogen-bond donors (Lipinski definition) is 5. The molecule has 7 N–H and O–H groups in total. The van der Waals surface area contributed by atoms with Gasteiger partial charge in [-0.05, 0) is 25.0 Å². The molecule has 354 valence electrons. The van der Waals surface area contributed by atoms with Crippen LogP contribution in [-0.2, 0) is 50.9 Å². The molecule has 0 aliphatic rings. The molecule has 2 aromatic carbocycles. The van der Waals surface area contributed by atoms with E-state index in [2.05, 4.69) is 46.5 Å². The fraction of sp³-hybridized carbons (Fsp3) is 0.591. The minimum atomic E-state index is -0.101. The predicted octanol–water partition coefficient (Wildman–Crippen LogP) is 3.02. The Bertz CT molecular complexity index is 1610. The van der Waals surface area contributed by atoms with Crippen molar-refractivity contribution in [2.24, 2.45) is 21.7 Å². The molecule has 63 heavy (non-hydrogen) atoms. The Morgan fingerprint density at radius 3 is 1.29 bits per heavy atom. The van der Waals surface area contributed by atoms with Crippen molar-refractivity contribution in [1.29, 1.82) is 0 Å². The summed E-state index contributed by atoms with van der Waals surface area (Å²) in [5, 5.41) is 32.4. The van der Waals surface area contributed by atoms with Crippen LogP contribution in [0.25, 0.3) is 11.4 Å². The molecule has 19 heteroatoms. The minimum Gasteiger partial charge on any atom is -0.386 e. The second-order valence-electron chi connectivity index (χ2n) is 12.4. The van der Waals surface area contributed by atoms with Crippen molar-refractivity contribution in [3.05, 3.63) is 71.0 Å². The number of nitrogens with two attached hydrogens (primary N) is 2. The molecule has 0 spiro atoms. The molecule has 2 amide bonds. The lowest BCUT2D eigenvalue weighted by molar-refractivity contribution is -0.121. The molecular formula is C44H75N11O8. The van der Waals surface area contributed by atoms with Crippen LogP contribution in [0.3, 0.4) is 0 Å². The highest BCUT2D eigenvalue weighted by Gasteiger charge is 2.07. The van der Waals surface area contributed by atoms with E-state index in [4.69, 9.17) is 39.9 Å². The van der Waals surface area contributed by atoms with Gasteiger partial charge in [-0.1, -0.05) is 90.1 Å². The van der Waals surface area contributed by atoms with Crippen molar-refractivity contribution >= 4 is 23.5 Å². The van der Waals surface area contributed by atoms with Gasteiger partial charge in [0.2, 0.25) is 17.6 Å². The maximum Gasteiger partial charge on any atom is 0.224 e. The third-order valence-corrected chi connectivity index (χ3v) is 7.56. The van der Waals surface area contributed by atoms with Gasteiger partial charge in [-0.3, -0.25) is 9.59 Å². The number of hydrogen-bond acceptors (Lipinski definition) is 15. The Kier molecular flexibility index (Phi) is 37.7. The van der Waals surface area contributed by atoms with Crippen molar-refractivity contribution in [3.8, 4) is 11.4 Å². The molecule has 0 aliphatic heterocycles. The van der Waals surface area contributed by atoms with E-state index in [0.717, 1.165) is 16.7 Å². The number of nitrogens with one attached hydrogen (secondary N) is 3. The summed E-state index contributed by atoms with van der Waals surface area (Å²) in [7, 11) is 0. The summed E-state index contributed by atoms with van der Waals surface area (Å²) >= 11 is 0. The molecular weight excluding hydrogens is 811 g/mol. The van der Waals surface area contributed by atoms with Crippen LogP contribution in [-0.4, -0.2) is 149 Å². The van der Waals surface area contributed by atoms with Crippen molar-refractivity contribution in [2.45, 2.75) is 68.2 Å². The molecule has 0 saturated heterocycles. The summed E-state index contributed by atoms with van der Waals surface area (Å²) in [6, 6.07) is 14.6. The molecule has 0 unspecified atom stereocenters. The van der Waals surface area contributed by atoms with E-state index in [0.29, 0.717) is 129 Å². The van der Waals surface area contributed by atoms with Gasteiger partial charge in [0.05, 0.1) is 92.1 Å². The van der Waals surface area contributed by atoms with E-state index in [1.54, 1.807) is 26.0 Å². The van der Waals surface area contributed by atoms with Gasteiger partial charge in [0, 0.05) is 37.3 Å². The molecule has 1 heterocycles. The summed E-state index contributed by atoms with van der Waals surface area (Å²) in [4.78, 5) is 24.4. The normalized spacial score (nSPS) is 11.0. The Balaban J connectivity index is 0.00000613.